The van der Waals surface area contributed by atoms with Gasteiger partial charge in [0.15, 0.2) is 0 Å². The molecule has 0 bridgehead atoms. The Kier molecular flexibility index (Phi) is 6.12. The third-order valence-electron chi connectivity index (χ3n) is 2.20. The van der Waals surface area contributed by atoms with Crippen molar-refractivity contribution in [3.05, 3.63) is 23.7 Å². The molecule has 1 aromatic heterocycles. The molecule has 0 radical (unpaired) electrons. The van der Waals surface area contributed by atoms with Gasteiger partial charge in [0.1, 0.15) is 18.1 Å². The predicted molar refractivity (Wildman–Crippen MR) is 60.7 cm³/mol. The normalized spacial score (nSPS) is 10.8. The number of furan rings is 1. The summed E-state index contributed by atoms with van der Waals surface area (Å²) in [4.78, 5) is 0. The van der Waals surface area contributed by atoms with Gasteiger partial charge in [0.2, 0.25) is 0 Å². The van der Waals surface area contributed by atoms with Crippen LogP contribution in [0.1, 0.15) is 37.7 Å². The first-order valence-corrected chi connectivity index (χ1v) is 5.66. The Labute approximate surface area is 91.8 Å². The minimum atomic E-state index is 0.591. The molecule has 0 spiro atoms. The molecule has 15 heavy (non-hydrogen) atoms. The van der Waals surface area contributed by atoms with Crippen molar-refractivity contribution in [3.63, 3.8) is 0 Å². The number of rotatable bonds is 8. The molecule has 0 unspecified atom stereocenters. The van der Waals surface area contributed by atoms with Crippen LogP contribution in [0, 0.1) is 0 Å². The standard InChI is InChI=1S/C12H21NO2/c1-3-4-5-8-14-10-12-7-6-11(15-12)9-13-2/h6-7,13H,3-5,8-10H2,1-2H3. The van der Waals surface area contributed by atoms with Crippen molar-refractivity contribution >= 4 is 0 Å². The van der Waals surface area contributed by atoms with Crippen molar-refractivity contribution in [2.75, 3.05) is 13.7 Å². The molecule has 0 saturated heterocycles. The second-order valence-corrected chi connectivity index (χ2v) is 3.66. The van der Waals surface area contributed by atoms with Gasteiger partial charge in [0.05, 0.1) is 6.54 Å². The van der Waals surface area contributed by atoms with Crippen LogP contribution < -0.4 is 5.32 Å². The van der Waals surface area contributed by atoms with Crippen LogP contribution in [-0.4, -0.2) is 13.7 Å². The summed E-state index contributed by atoms with van der Waals surface area (Å²) in [5.41, 5.74) is 0. The molecule has 3 heteroatoms. The Morgan fingerprint density at radius 1 is 1.27 bits per heavy atom. The van der Waals surface area contributed by atoms with Crippen LogP contribution in [0.4, 0.5) is 0 Å². The van der Waals surface area contributed by atoms with E-state index in [0.29, 0.717) is 6.61 Å². The number of hydrogen-bond donors (Lipinski definition) is 1. The highest BCUT2D eigenvalue weighted by atomic mass is 16.5. The molecule has 1 N–H and O–H groups in total. The maximum Gasteiger partial charge on any atom is 0.129 e. The average molecular weight is 211 g/mol. The third-order valence-corrected chi connectivity index (χ3v) is 2.20. The van der Waals surface area contributed by atoms with Crippen molar-refractivity contribution in [3.8, 4) is 0 Å². The lowest BCUT2D eigenvalue weighted by Crippen LogP contribution is -2.03. The Morgan fingerprint density at radius 2 is 2.07 bits per heavy atom. The van der Waals surface area contributed by atoms with E-state index in [-0.39, 0.29) is 0 Å². The van der Waals surface area contributed by atoms with Crippen LogP contribution in [0.2, 0.25) is 0 Å². The van der Waals surface area contributed by atoms with E-state index < -0.39 is 0 Å². The maximum absolute atomic E-state index is 5.54. The van der Waals surface area contributed by atoms with E-state index in [1.165, 1.54) is 12.8 Å². The summed E-state index contributed by atoms with van der Waals surface area (Å²) in [7, 11) is 1.91. The van der Waals surface area contributed by atoms with Crippen LogP contribution in [0.15, 0.2) is 16.5 Å². The van der Waals surface area contributed by atoms with Gasteiger partial charge < -0.3 is 14.5 Å². The van der Waals surface area contributed by atoms with E-state index in [1.54, 1.807) is 0 Å². The lowest BCUT2D eigenvalue weighted by molar-refractivity contribution is 0.102. The van der Waals surface area contributed by atoms with Gasteiger partial charge in [-0.25, -0.2) is 0 Å². The summed E-state index contributed by atoms with van der Waals surface area (Å²) >= 11 is 0. The third kappa shape index (κ3) is 5.00. The summed E-state index contributed by atoms with van der Waals surface area (Å²) in [6, 6.07) is 3.97. The molecule has 0 aliphatic heterocycles. The summed E-state index contributed by atoms with van der Waals surface area (Å²) in [6.07, 6.45) is 3.61. The monoisotopic (exact) mass is 211 g/mol. The van der Waals surface area contributed by atoms with Crippen LogP contribution >= 0.6 is 0 Å². The van der Waals surface area contributed by atoms with E-state index >= 15 is 0 Å². The predicted octanol–water partition coefficient (Wildman–Crippen LogP) is 2.71. The smallest absolute Gasteiger partial charge is 0.129 e. The van der Waals surface area contributed by atoms with Crippen LogP contribution in [0.5, 0.6) is 0 Å². The minimum absolute atomic E-state index is 0.591. The fourth-order valence-corrected chi connectivity index (χ4v) is 1.40. The van der Waals surface area contributed by atoms with Crippen LogP contribution in [-0.2, 0) is 17.9 Å². The zero-order valence-corrected chi connectivity index (χ0v) is 9.71. The zero-order valence-electron chi connectivity index (χ0n) is 9.71. The van der Waals surface area contributed by atoms with E-state index in [0.717, 1.165) is 31.1 Å². The number of hydrogen-bond acceptors (Lipinski definition) is 3. The van der Waals surface area contributed by atoms with Gasteiger partial charge in [-0.2, -0.15) is 0 Å². The van der Waals surface area contributed by atoms with Gasteiger partial charge >= 0.3 is 0 Å². The van der Waals surface area contributed by atoms with Crippen molar-refractivity contribution in [2.45, 2.75) is 39.3 Å². The van der Waals surface area contributed by atoms with Gasteiger partial charge in [-0.05, 0) is 25.6 Å². The van der Waals surface area contributed by atoms with Crippen molar-refractivity contribution in [1.82, 2.24) is 5.32 Å². The summed E-state index contributed by atoms with van der Waals surface area (Å²) < 4.78 is 11.0. The van der Waals surface area contributed by atoms with E-state index in [9.17, 15) is 0 Å². The maximum atomic E-state index is 5.54. The summed E-state index contributed by atoms with van der Waals surface area (Å²) in [6.45, 7) is 4.38. The highest BCUT2D eigenvalue weighted by Crippen LogP contribution is 2.09. The van der Waals surface area contributed by atoms with Gasteiger partial charge in [-0.1, -0.05) is 19.8 Å². The molecule has 1 rings (SSSR count). The first kappa shape index (κ1) is 12.3. The largest absolute Gasteiger partial charge is 0.462 e. The van der Waals surface area contributed by atoms with E-state index in [2.05, 4.69) is 12.2 Å². The Hall–Kier alpha value is -0.800. The molecule has 0 amide bonds. The lowest BCUT2D eigenvalue weighted by atomic mass is 10.3. The SMILES string of the molecule is CCCCCOCc1ccc(CNC)o1. The van der Waals surface area contributed by atoms with E-state index in [4.69, 9.17) is 9.15 Å². The minimum Gasteiger partial charge on any atom is -0.462 e. The molecule has 0 atom stereocenters. The van der Waals surface area contributed by atoms with Crippen molar-refractivity contribution < 1.29 is 9.15 Å². The van der Waals surface area contributed by atoms with Gasteiger partial charge in [-0.15, -0.1) is 0 Å². The lowest BCUT2D eigenvalue weighted by Gasteiger charge is -2.01. The molecule has 0 saturated carbocycles. The highest BCUT2D eigenvalue weighted by molar-refractivity contribution is 5.06. The topological polar surface area (TPSA) is 34.4 Å². The molecule has 1 heterocycles. The number of unbranched alkanes of at least 4 members (excludes halogenated alkanes) is 2. The fourth-order valence-electron chi connectivity index (χ4n) is 1.40. The average Bonchev–Trinajstić information content (AvgIpc) is 2.66. The molecule has 0 aliphatic carbocycles. The molecular weight excluding hydrogens is 190 g/mol. The molecule has 3 nitrogen and oxygen atoms in total. The van der Waals surface area contributed by atoms with Crippen LogP contribution in [0.25, 0.3) is 0 Å². The van der Waals surface area contributed by atoms with Gasteiger partial charge in [-0.3, -0.25) is 0 Å². The Balaban J connectivity index is 2.14. The second kappa shape index (κ2) is 7.49. The van der Waals surface area contributed by atoms with Crippen LogP contribution in [0.3, 0.4) is 0 Å². The van der Waals surface area contributed by atoms with Gasteiger partial charge in [0, 0.05) is 6.61 Å². The first-order chi connectivity index (χ1) is 7.36. The van der Waals surface area contributed by atoms with E-state index in [1.807, 2.05) is 19.2 Å². The summed E-state index contributed by atoms with van der Waals surface area (Å²) in [5.74, 6) is 1.88. The molecule has 86 valence electrons. The highest BCUT2D eigenvalue weighted by Gasteiger charge is 2.00. The van der Waals surface area contributed by atoms with Gasteiger partial charge in [0.25, 0.3) is 0 Å². The quantitative estimate of drug-likeness (QED) is 0.671. The number of nitrogens with one attached hydrogen (secondary N) is 1. The second-order valence-electron chi connectivity index (χ2n) is 3.66. The summed E-state index contributed by atoms with van der Waals surface area (Å²) in [5, 5.41) is 3.05. The molecule has 0 aromatic carbocycles. The molecular formula is C12H21NO2. The molecule has 1 aromatic rings. The fraction of sp³-hybridized carbons (Fsp3) is 0.667. The zero-order chi connectivity index (χ0) is 10.9. The Morgan fingerprint density at radius 3 is 2.80 bits per heavy atom. The Bertz CT molecular complexity index is 258. The number of ether oxygens (including phenoxy) is 1. The molecule has 0 aliphatic rings. The van der Waals surface area contributed by atoms with Crippen molar-refractivity contribution in [1.29, 1.82) is 0 Å². The first-order valence-electron chi connectivity index (χ1n) is 5.66. The van der Waals surface area contributed by atoms with Crippen molar-refractivity contribution in [2.24, 2.45) is 0 Å². The molecule has 0 fully saturated rings.